The van der Waals surface area contributed by atoms with E-state index < -0.39 is 0 Å². The summed E-state index contributed by atoms with van der Waals surface area (Å²) in [6, 6.07) is 10.2. The van der Waals surface area contributed by atoms with Gasteiger partial charge in [0.1, 0.15) is 0 Å². The average molecular weight is 220 g/mol. The van der Waals surface area contributed by atoms with E-state index in [0.717, 1.165) is 6.42 Å². The molecule has 1 heterocycles. The van der Waals surface area contributed by atoms with Crippen molar-refractivity contribution in [2.24, 2.45) is 0 Å². The number of ether oxygens (including phenoxy) is 1. The lowest BCUT2D eigenvalue weighted by atomic mass is 10.3. The molecule has 0 aliphatic carbocycles. The first-order valence-electron chi connectivity index (χ1n) is 4.91. The molecule has 3 heteroatoms. The molecule has 0 amide bonds. The summed E-state index contributed by atoms with van der Waals surface area (Å²) in [4.78, 5) is 12.2. The van der Waals surface area contributed by atoms with Crippen LogP contribution in [0.2, 0.25) is 0 Å². The molecule has 0 N–H and O–H groups in total. The van der Waals surface area contributed by atoms with Gasteiger partial charge in [-0.2, -0.15) is 0 Å². The maximum Gasteiger partial charge on any atom is 0.330 e. The Bertz CT molecular complexity index is 359. The number of hydrogen-bond donors (Lipinski definition) is 0. The molecule has 0 radical (unpaired) electrons. The molecule has 1 aromatic carbocycles. The van der Waals surface area contributed by atoms with Crippen molar-refractivity contribution in [3.8, 4) is 0 Å². The van der Waals surface area contributed by atoms with Crippen LogP contribution in [0.25, 0.3) is 0 Å². The predicted molar refractivity (Wildman–Crippen MR) is 60.8 cm³/mol. The van der Waals surface area contributed by atoms with Crippen LogP contribution in [0.3, 0.4) is 0 Å². The average Bonchev–Trinajstić information content (AvgIpc) is 2.46. The molecule has 0 spiro atoms. The topological polar surface area (TPSA) is 26.3 Å². The first kappa shape index (κ1) is 10.3. The molecule has 0 saturated carbocycles. The fourth-order valence-corrected chi connectivity index (χ4v) is 2.41. The lowest BCUT2D eigenvalue weighted by Crippen LogP contribution is -2.02. The standard InChI is InChI=1S/C12H12O2S/c13-12-7-6-11(8-9-14-12)15-10-4-2-1-3-5-10/h1-7,11H,8-9H2. The van der Waals surface area contributed by atoms with Crippen molar-refractivity contribution in [2.75, 3.05) is 6.61 Å². The third kappa shape index (κ3) is 3.13. The van der Waals surface area contributed by atoms with Crippen molar-refractivity contribution in [3.63, 3.8) is 0 Å². The maximum atomic E-state index is 11.0. The largest absolute Gasteiger partial charge is 0.462 e. The number of carbonyl (C=O) groups excluding carboxylic acids is 1. The number of thioether (sulfide) groups is 1. The van der Waals surface area contributed by atoms with Gasteiger partial charge in [-0.05, 0) is 18.6 Å². The molecule has 78 valence electrons. The second-order valence-electron chi connectivity index (χ2n) is 3.28. The Kier molecular flexibility index (Phi) is 3.45. The van der Waals surface area contributed by atoms with Crippen LogP contribution in [0.15, 0.2) is 47.4 Å². The van der Waals surface area contributed by atoms with Gasteiger partial charge in [0.2, 0.25) is 0 Å². The van der Waals surface area contributed by atoms with E-state index in [1.165, 1.54) is 11.0 Å². The second-order valence-corrected chi connectivity index (χ2v) is 4.60. The molecule has 1 aromatic rings. The zero-order valence-electron chi connectivity index (χ0n) is 8.26. The molecular formula is C12H12O2S. The van der Waals surface area contributed by atoms with Gasteiger partial charge in [-0.25, -0.2) is 4.79 Å². The summed E-state index contributed by atoms with van der Waals surface area (Å²) in [7, 11) is 0. The molecule has 1 atom stereocenters. The Morgan fingerprint density at radius 3 is 2.87 bits per heavy atom. The van der Waals surface area contributed by atoms with Crippen molar-refractivity contribution in [1.82, 2.24) is 0 Å². The second kappa shape index (κ2) is 5.03. The summed E-state index contributed by atoms with van der Waals surface area (Å²) in [5, 5.41) is 0.332. The van der Waals surface area contributed by atoms with Gasteiger partial charge in [0.15, 0.2) is 0 Å². The molecule has 1 unspecified atom stereocenters. The van der Waals surface area contributed by atoms with Crippen molar-refractivity contribution in [1.29, 1.82) is 0 Å². The van der Waals surface area contributed by atoms with Crippen LogP contribution >= 0.6 is 11.8 Å². The number of esters is 1. The lowest BCUT2D eigenvalue weighted by molar-refractivity contribution is -0.137. The highest BCUT2D eigenvalue weighted by Gasteiger charge is 2.12. The van der Waals surface area contributed by atoms with Crippen LogP contribution in [0, 0.1) is 0 Å². The molecule has 15 heavy (non-hydrogen) atoms. The fraction of sp³-hybridized carbons (Fsp3) is 0.250. The summed E-state index contributed by atoms with van der Waals surface area (Å²) >= 11 is 1.76. The van der Waals surface area contributed by atoms with E-state index in [1.807, 2.05) is 24.3 Å². The summed E-state index contributed by atoms with van der Waals surface area (Å²) < 4.78 is 4.93. The molecule has 0 aromatic heterocycles. The normalized spacial score (nSPS) is 20.8. The summed E-state index contributed by atoms with van der Waals surface area (Å²) in [5.41, 5.74) is 0. The van der Waals surface area contributed by atoms with Crippen LogP contribution in [-0.4, -0.2) is 17.8 Å². The molecule has 2 rings (SSSR count). The third-order valence-electron chi connectivity index (χ3n) is 2.12. The Hall–Kier alpha value is -1.22. The first-order chi connectivity index (χ1) is 7.34. The number of hydrogen-bond acceptors (Lipinski definition) is 3. The SMILES string of the molecule is O=C1C=CC(Sc2ccccc2)CCO1. The fourth-order valence-electron chi connectivity index (χ4n) is 1.38. The summed E-state index contributed by atoms with van der Waals surface area (Å²) in [6.07, 6.45) is 4.32. The highest BCUT2D eigenvalue weighted by molar-refractivity contribution is 8.00. The van der Waals surface area contributed by atoms with Gasteiger partial charge >= 0.3 is 5.97 Å². The van der Waals surface area contributed by atoms with E-state index in [4.69, 9.17) is 4.74 Å². The summed E-state index contributed by atoms with van der Waals surface area (Å²) in [5.74, 6) is -0.230. The van der Waals surface area contributed by atoms with Crippen molar-refractivity contribution in [2.45, 2.75) is 16.6 Å². The summed E-state index contributed by atoms with van der Waals surface area (Å²) in [6.45, 7) is 0.510. The van der Waals surface area contributed by atoms with Gasteiger partial charge in [-0.15, -0.1) is 11.8 Å². The number of cyclic esters (lactones) is 1. The molecular weight excluding hydrogens is 208 g/mol. The number of carbonyl (C=O) groups is 1. The van der Waals surface area contributed by atoms with E-state index in [9.17, 15) is 4.79 Å². The Morgan fingerprint density at radius 2 is 2.07 bits per heavy atom. The number of benzene rings is 1. The van der Waals surface area contributed by atoms with Crippen LogP contribution in [0.1, 0.15) is 6.42 Å². The van der Waals surface area contributed by atoms with Gasteiger partial charge in [0.25, 0.3) is 0 Å². The molecule has 1 aliphatic rings. The van der Waals surface area contributed by atoms with Crippen LogP contribution in [0.4, 0.5) is 0 Å². The minimum absolute atomic E-state index is 0.230. The highest BCUT2D eigenvalue weighted by atomic mass is 32.2. The molecule has 0 fully saturated rings. The highest BCUT2D eigenvalue weighted by Crippen LogP contribution is 2.26. The van der Waals surface area contributed by atoms with Gasteiger partial charge in [-0.3, -0.25) is 0 Å². The van der Waals surface area contributed by atoms with Crippen molar-refractivity contribution < 1.29 is 9.53 Å². The molecule has 1 aliphatic heterocycles. The van der Waals surface area contributed by atoms with Crippen molar-refractivity contribution in [3.05, 3.63) is 42.5 Å². The van der Waals surface area contributed by atoms with Crippen molar-refractivity contribution >= 4 is 17.7 Å². The Morgan fingerprint density at radius 1 is 1.27 bits per heavy atom. The molecule has 0 bridgehead atoms. The van der Waals surface area contributed by atoms with E-state index in [2.05, 4.69) is 12.1 Å². The zero-order chi connectivity index (χ0) is 10.5. The van der Waals surface area contributed by atoms with Crippen LogP contribution in [-0.2, 0) is 9.53 Å². The van der Waals surface area contributed by atoms with Crippen LogP contribution < -0.4 is 0 Å². The van der Waals surface area contributed by atoms with E-state index >= 15 is 0 Å². The number of rotatable bonds is 2. The first-order valence-corrected chi connectivity index (χ1v) is 5.79. The Balaban J connectivity index is 2.00. The third-order valence-corrected chi connectivity index (χ3v) is 3.36. The minimum Gasteiger partial charge on any atom is -0.462 e. The monoisotopic (exact) mass is 220 g/mol. The quantitative estimate of drug-likeness (QED) is 0.717. The zero-order valence-corrected chi connectivity index (χ0v) is 9.07. The van der Waals surface area contributed by atoms with Gasteiger partial charge < -0.3 is 4.74 Å². The minimum atomic E-state index is -0.230. The molecule has 2 nitrogen and oxygen atoms in total. The van der Waals surface area contributed by atoms with E-state index in [1.54, 1.807) is 11.8 Å². The maximum absolute atomic E-state index is 11.0. The Labute approximate surface area is 93.3 Å². The van der Waals surface area contributed by atoms with Gasteiger partial charge in [0.05, 0.1) is 6.61 Å². The van der Waals surface area contributed by atoms with Gasteiger partial charge in [-0.1, -0.05) is 24.3 Å². The van der Waals surface area contributed by atoms with Crippen LogP contribution in [0.5, 0.6) is 0 Å². The lowest BCUT2D eigenvalue weighted by Gasteiger charge is -2.09. The van der Waals surface area contributed by atoms with E-state index in [-0.39, 0.29) is 5.97 Å². The molecule has 0 saturated heterocycles. The van der Waals surface area contributed by atoms with Gasteiger partial charge in [0, 0.05) is 16.2 Å². The van der Waals surface area contributed by atoms with E-state index in [0.29, 0.717) is 11.9 Å². The smallest absolute Gasteiger partial charge is 0.330 e. The predicted octanol–water partition coefficient (Wildman–Crippen LogP) is 2.65.